The van der Waals surface area contributed by atoms with Crippen LogP contribution in [0, 0.1) is 6.92 Å². The molecule has 2 heterocycles. The smallest absolute Gasteiger partial charge is 0.291 e. The molecular weight excluding hydrogens is 256 g/mol. The summed E-state index contributed by atoms with van der Waals surface area (Å²) < 4.78 is 11.2. The van der Waals surface area contributed by atoms with Gasteiger partial charge in [0.25, 0.3) is 6.02 Å². The highest BCUT2D eigenvalue weighted by Crippen LogP contribution is 2.28. The van der Waals surface area contributed by atoms with Crippen molar-refractivity contribution in [1.29, 1.82) is 0 Å². The summed E-state index contributed by atoms with van der Waals surface area (Å²) in [5, 5.41) is 3.14. The van der Waals surface area contributed by atoms with Gasteiger partial charge in [0, 0.05) is 11.1 Å². The fourth-order valence-electron chi connectivity index (χ4n) is 1.88. The summed E-state index contributed by atoms with van der Waals surface area (Å²) in [6.07, 6.45) is 0.127. The number of hydrogen-bond donors (Lipinski definition) is 1. The first-order chi connectivity index (χ1) is 9.30. The van der Waals surface area contributed by atoms with E-state index in [0.717, 1.165) is 17.6 Å². The zero-order chi connectivity index (χ0) is 14.9. The number of nitrogens with zero attached hydrogens (tertiary/aromatic N) is 1. The number of carbonyl (C=O) groups is 1. The van der Waals surface area contributed by atoms with Crippen molar-refractivity contribution in [2.75, 3.05) is 0 Å². The number of amidine groups is 1. The Kier molecular flexibility index (Phi) is 3.70. The molecule has 0 saturated carbocycles. The minimum atomic E-state index is -0.641. The molecule has 20 heavy (non-hydrogen) atoms. The Morgan fingerprint density at radius 1 is 1.30 bits per heavy atom. The third-order valence-corrected chi connectivity index (χ3v) is 2.83. The SMILES string of the molecule is CC1=C(c2ccc(C)o2)N=C(NC(C)(C)C)OC1C=O. The molecule has 1 aliphatic heterocycles. The summed E-state index contributed by atoms with van der Waals surface area (Å²) >= 11 is 0. The van der Waals surface area contributed by atoms with Gasteiger partial charge >= 0.3 is 0 Å². The number of rotatable bonds is 2. The number of nitrogens with one attached hydrogen (secondary N) is 1. The van der Waals surface area contributed by atoms with Gasteiger partial charge in [-0.05, 0) is 46.8 Å². The van der Waals surface area contributed by atoms with Gasteiger partial charge in [-0.2, -0.15) is 4.99 Å². The first kappa shape index (κ1) is 14.4. The average molecular weight is 276 g/mol. The van der Waals surface area contributed by atoms with Crippen LogP contribution in [0.5, 0.6) is 0 Å². The van der Waals surface area contributed by atoms with Crippen LogP contribution in [0.15, 0.2) is 27.1 Å². The lowest BCUT2D eigenvalue weighted by Gasteiger charge is -2.28. The number of hydrogen-bond acceptors (Lipinski definition) is 5. The zero-order valence-electron chi connectivity index (χ0n) is 12.5. The molecule has 5 nitrogen and oxygen atoms in total. The van der Waals surface area contributed by atoms with E-state index in [1.54, 1.807) is 0 Å². The minimum absolute atomic E-state index is 0.207. The van der Waals surface area contributed by atoms with Crippen molar-refractivity contribution in [3.63, 3.8) is 0 Å². The molecule has 1 aromatic heterocycles. The van der Waals surface area contributed by atoms with Gasteiger partial charge in [-0.3, -0.25) is 4.79 Å². The van der Waals surface area contributed by atoms with E-state index >= 15 is 0 Å². The lowest BCUT2D eigenvalue weighted by Crippen LogP contribution is -2.44. The third-order valence-electron chi connectivity index (χ3n) is 2.83. The molecule has 1 atom stereocenters. The molecule has 108 valence electrons. The molecule has 1 aliphatic rings. The molecule has 0 bridgehead atoms. The average Bonchev–Trinajstić information content (AvgIpc) is 2.76. The molecule has 1 N–H and O–H groups in total. The molecule has 0 radical (unpaired) electrons. The Morgan fingerprint density at radius 2 is 2.00 bits per heavy atom. The van der Waals surface area contributed by atoms with Crippen LogP contribution in [-0.2, 0) is 9.53 Å². The van der Waals surface area contributed by atoms with E-state index in [0.29, 0.717) is 17.5 Å². The number of aldehydes is 1. The summed E-state index contributed by atoms with van der Waals surface area (Å²) in [6, 6.07) is 4.05. The van der Waals surface area contributed by atoms with Crippen LogP contribution in [0.1, 0.15) is 39.2 Å². The second-order valence-corrected chi connectivity index (χ2v) is 5.91. The van der Waals surface area contributed by atoms with E-state index < -0.39 is 6.10 Å². The van der Waals surface area contributed by atoms with E-state index in [-0.39, 0.29) is 5.54 Å². The summed E-state index contributed by atoms with van der Waals surface area (Å²) in [4.78, 5) is 15.6. The maximum absolute atomic E-state index is 11.2. The van der Waals surface area contributed by atoms with E-state index in [1.807, 2.05) is 46.8 Å². The van der Waals surface area contributed by atoms with Crippen molar-refractivity contribution in [2.45, 2.75) is 46.3 Å². The lowest BCUT2D eigenvalue weighted by molar-refractivity contribution is -0.113. The second-order valence-electron chi connectivity index (χ2n) is 5.91. The second kappa shape index (κ2) is 5.15. The maximum Gasteiger partial charge on any atom is 0.291 e. The normalized spacial score (nSPS) is 19.4. The van der Waals surface area contributed by atoms with Crippen molar-refractivity contribution < 1.29 is 13.9 Å². The first-order valence-corrected chi connectivity index (χ1v) is 6.56. The van der Waals surface area contributed by atoms with E-state index in [9.17, 15) is 4.79 Å². The fourth-order valence-corrected chi connectivity index (χ4v) is 1.88. The van der Waals surface area contributed by atoms with Crippen molar-refractivity contribution in [1.82, 2.24) is 5.32 Å². The van der Waals surface area contributed by atoms with Crippen molar-refractivity contribution in [3.05, 3.63) is 29.2 Å². The van der Waals surface area contributed by atoms with Gasteiger partial charge in [0.1, 0.15) is 11.5 Å². The van der Waals surface area contributed by atoms with Crippen molar-refractivity contribution in [3.8, 4) is 0 Å². The van der Waals surface area contributed by atoms with Gasteiger partial charge in [-0.15, -0.1) is 0 Å². The molecule has 0 fully saturated rings. The van der Waals surface area contributed by atoms with Crippen LogP contribution in [0.2, 0.25) is 0 Å². The van der Waals surface area contributed by atoms with Crippen LogP contribution < -0.4 is 5.32 Å². The van der Waals surface area contributed by atoms with Crippen LogP contribution in [0.4, 0.5) is 0 Å². The first-order valence-electron chi connectivity index (χ1n) is 6.56. The molecule has 0 aliphatic carbocycles. The number of aryl methyl sites for hydroxylation is 1. The zero-order valence-corrected chi connectivity index (χ0v) is 12.5. The molecule has 5 heteroatoms. The summed E-state index contributed by atoms with van der Waals surface area (Å²) in [5.74, 6) is 1.44. The highest BCUT2D eigenvalue weighted by Gasteiger charge is 2.27. The Labute approximate surface area is 118 Å². The van der Waals surface area contributed by atoms with Gasteiger partial charge in [-0.1, -0.05) is 0 Å². The van der Waals surface area contributed by atoms with Crippen LogP contribution in [0.3, 0.4) is 0 Å². The predicted octanol–water partition coefficient (Wildman–Crippen LogP) is 2.66. The van der Waals surface area contributed by atoms with Gasteiger partial charge < -0.3 is 14.5 Å². The molecular formula is C15H20N2O3. The summed E-state index contributed by atoms with van der Waals surface area (Å²) in [6.45, 7) is 9.68. The number of ether oxygens (including phenoxy) is 1. The monoisotopic (exact) mass is 276 g/mol. The maximum atomic E-state index is 11.2. The largest absolute Gasteiger partial charge is 0.460 e. The Bertz CT molecular complexity index is 576. The van der Waals surface area contributed by atoms with E-state index in [4.69, 9.17) is 9.15 Å². The molecule has 0 spiro atoms. The number of furan rings is 1. The minimum Gasteiger partial charge on any atom is -0.460 e. The van der Waals surface area contributed by atoms with Gasteiger partial charge in [-0.25, -0.2) is 0 Å². The fraction of sp³-hybridized carbons (Fsp3) is 0.467. The van der Waals surface area contributed by atoms with Gasteiger partial charge in [0.2, 0.25) is 0 Å². The van der Waals surface area contributed by atoms with Crippen molar-refractivity contribution in [2.24, 2.45) is 4.99 Å². The van der Waals surface area contributed by atoms with E-state index in [2.05, 4.69) is 10.3 Å². The summed E-state index contributed by atoms with van der Waals surface area (Å²) in [5.41, 5.74) is 1.18. The third kappa shape index (κ3) is 3.10. The molecule has 2 rings (SSSR count). The molecule has 1 unspecified atom stereocenters. The molecule has 1 aromatic rings. The lowest BCUT2D eigenvalue weighted by atomic mass is 10.1. The number of aliphatic imine (C=N–C) groups is 1. The number of carbonyl (C=O) groups excluding carboxylic acids is 1. The Balaban J connectivity index is 2.41. The van der Waals surface area contributed by atoms with Gasteiger partial charge in [0.05, 0.1) is 0 Å². The standard InChI is InChI=1S/C15H20N2O3/c1-9-6-7-11(19-9)13-10(2)12(8-18)20-14(16-13)17-15(3,4)5/h6-8,12H,1-5H3,(H,16,17). The van der Waals surface area contributed by atoms with E-state index in [1.165, 1.54) is 0 Å². The predicted molar refractivity (Wildman–Crippen MR) is 77.3 cm³/mol. The Hall–Kier alpha value is -2.04. The molecule has 0 amide bonds. The summed E-state index contributed by atoms with van der Waals surface area (Å²) in [7, 11) is 0. The van der Waals surface area contributed by atoms with Crippen LogP contribution >= 0.6 is 0 Å². The topological polar surface area (TPSA) is 63.8 Å². The van der Waals surface area contributed by atoms with Crippen molar-refractivity contribution >= 4 is 18.0 Å². The van der Waals surface area contributed by atoms with Crippen LogP contribution in [-0.4, -0.2) is 24.0 Å². The van der Waals surface area contributed by atoms with Gasteiger partial charge in [0.15, 0.2) is 18.2 Å². The Morgan fingerprint density at radius 3 is 2.50 bits per heavy atom. The molecule has 0 aromatic carbocycles. The molecule has 0 saturated heterocycles. The quantitative estimate of drug-likeness (QED) is 0.843. The highest BCUT2D eigenvalue weighted by atomic mass is 16.5. The highest BCUT2D eigenvalue weighted by molar-refractivity contribution is 5.88. The van der Waals surface area contributed by atoms with Crippen LogP contribution in [0.25, 0.3) is 5.70 Å².